The highest BCUT2D eigenvalue weighted by Gasteiger charge is 2.04. The van der Waals surface area contributed by atoms with E-state index in [1.54, 1.807) is 30.7 Å². The Kier molecular flexibility index (Phi) is 4.88. The number of nitrogens with two attached hydrogens (primary N) is 1. The minimum Gasteiger partial charge on any atom is -0.399 e. The molecule has 0 aromatic heterocycles. The molecule has 0 saturated heterocycles. The van der Waals surface area contributed by atoms with Crippen LogP contribution < -0.4 is 5.73 Å². The third-order valence-electron chi connectivity index (χ3n) is 2.23. The molecule has 2 heteroatoms. The molecule has 0 aliphatic carbocycles. The molecule has 80 valence electrons. The van der Waals surface area contributed by atoms with Crippen LogP contribution >= 0.6 is 0 Å². The van der Waals surface area contributed by atoms with Crippen molar-refractivity contribution in [3.63, 3.8) is 0 Å². The molecule has 0 fully saturated rings. The van der Waals surface area contributed by atoms with Crippen LogP contribution in [0.2, 0.25) is 0 Å². The maximum atomic E-state index is 11.6. The first kappa shape index (κ1) is 11.8. The minimum absolute atomic E-state index is 0.0825. The summed E-state index contributed by atoms with van der Waals surface area (Å²) in [4.78, 5) is 11.6. The minimum atomic E-state index is 0.0825. The van der Waals surface area contributed by atoms with Gasteiger partial charge in [-0.15, -0.1) is 0 Å². The maximum Gasteiger partial charge on any atom is 0.166 e. The lowest BCUT2D eigenvalue weighted by Gasteiger charge is -2.01. The second kappa shape index (κ2) is 6.23. The Balaban J connectivity index is 2.37. The summed E-state index contributed by atoms with van der Waals surface area (Å²) in [5.41, 5.74) is 6.93. The molecular formula is C13H17NO. The first-order valence-electron chi connectivity index (χ1n) is 5.26. The van der Waals surface area contributed by atoms with Gasteiger partial charge < -0.3 is 5.73 Å². The Morgan fingerprint density at radius 3 is 2.53 bits per heavy atom. The largest absolute Gasteiger partial charge is 0.399 e. The molecule has 2 radical (unpaired) electrons. The summed E-state index contributed by atoms with van der Waals surface area (Å²) in [6.45, 7) is 3.76. The lowest BCUT2D eigenvalue weighted by atomic mass is 10.0. The van der Waals surface area contributed by atoms with Gasteiger partial charge in [-0.1, -0.05) is 26.2 Å². The molecule has 0 aliphatic rings. The van der Waals surface area contributed by atoms with Crippen LogP contribution in [-0.2, 0) is 0 Å². The standard InChI is InChI=1S/C13H17NO/c1-2-3-4-5-6-13(15)11-7-9-12(14)10-8-11/h6-10H,1-5,14H2. The van der Waals surface area contributed by atoms with Gasteiger partial charge in [-0.2, -0.15) is 0 Å². The number of benzene rings is 1. The van der Waals surface area contributed by atoms with Gasteiger partial charge in [0.05, 0.1) is 0 Å². The first-order valence-corrected chi connectivity index (χ1v) is 5.26. The zero-order chi connectivity index (χ0) is 11.1. The van der Waals surface area contributed by atoms with Crippen LogP contribution in [-0.4, -0.2) is 5.78 Å². The van der Waals surface area contributed by atoms with Crippen molar-refractivity contribution in [1.82, 2.24) is 0 Å². The van der Waals surface area contributed by atoms with E-state index in [0.29, 0.717) is 11.3 Å². The number of ketones is 1. The van der Waals surface area contributed by atoms with Gasteiger partial charge in [0.25, 0.3) is 0 Å². The molecule has 0 unspecified atom stereocenters. The van der Waals surface area contributed by atoms with Gasteiger partial charge in [0.15, 0.2) is 5.78 Å². The molecule has 2 nitrogen and oxygen atoms in total. The van der Waals surface area contributed by atoms with Crippen molar-refractivity contribution in [3.8, 4) is 0 Å². The summed E-state index contributed by atoms with van der Waals surface area (Å²) in [5, 5.41) is 0. The van der Waals surface area contributed by atoms with Crippen LogP contribution in [0.1, 0.15) is 36.0 Å². The Morgan fingerprint density at radius 2 is 1.93 bits per heavy atom. The van der Waals surface area contributed by atoms with E-state index in [4.69, 9.17) is 5.73 Å². The van der Waals surface area contributed by atoms with Gasteiger partial charge in [-0.25, -0.2) is 0 Å². The Bertz CT molecular complexity index is 303. The quantitative estimate of drug-likeness (QED) is 0.438. The molecule has 15 heavy (non-hydrogen) atoms. The van der Waals surface area contributed by atoms with E-state index in [-0.39, 0.29) is 5.78 Å². The van der Waals surface area contributed by atoms with E-state index in [1.807, 2.05) is 0 Å². The molecule has 0 heterocycles. The summed E-state index contributed by atoms with van der Waals surface area (Å²) in [7, 11) is 0. The number of Topliss-reactive ketones (excluding diaryl/α,β-unsaturated/α-hetero) is 1. The SMILES string of the molecule is [CH2]CCCC[CH]C(=O)c1ccc(N)cc1. The van der Waals surface area contributed by atoms with Crippen LogP contribution in [0.5, 0.6) is 0 Å². The van der Waals surface area contributed by atoms with E-state index in [0.717, 1.165) is 25.7 Å². The average molecular weight is 203 g/mol. The Labute approximate surface area is 91.5 Å². The van der Waals surface area contributed by atoms with E-state index >= 15 is 0 Å². The highest BCUT2D eigenvalue weighted by molar-refractivity contribution is 6.02. The van der Waals surface area contributed by atoms with Crippen molar-refractivity contribution in [1.29, 1.82) is 0 Å². The lowest BCUT2D eigenvalue weighted by molar-refractivity contribution is 0.102. The molecule has 1 aromatic rings. The summed E-state index contributed by atoms with van der Waals surface area (Å²) in [6, 6.07) is 7.01. The predicted molar refractivity (Wildman–Crippen MR) is 63.3 cm³/mol. The van der Waals surface area contributed by atoms with Crippen molar-refractivity contribution in [2.45, 2.75) is 25.7 Å². The fourth-order valence-electron chi connectivity index (χ4n) is 1.32. The highest BCUT2D eigenvalue weighted by atomic mass is 16.1. The van der Waals surface area contributed by atoms with E-state index in [2.05, 4.69) is 6.92 Å². The van der Waals surface area contributed by atoms with Crippen molar-refractivity contribution in [2.24, 2.45) is 0 Å². The monoisotopic (exact) mass is 203 g/mol. The molecule has 0 spiro atoms. The Morgan fingerprint density at radius 1 is 1.27 bits per heavy atom. The Hall–Kier alpha value is -1.31. The third-order valence-corrected chi connectivity index (χ3v) is 2.23. The van der Waals surface area contributed by atoms with Crippen LogP contribution in [0, 0.1) is 13.3 Å². The number of carbonyl (C=O) groups is 1. The fraction of sp³-hybridized carbons (Fsp3) is 0.308. The van der Waals surface area contributed by atoms with Gasteiger partial charge >= 0.3 is 0 Å². The number of anilines is 1. The predicted octanol–water partition coefficient (Wildman–Crippen LogP) is 3.05. The van der Waals surface area contributed by atoms with E-state index in [1.165, 1.54) is 0 Å². The van der Waals surface area contributed by atoms with Gasteiger partial charge in [-0.05, 0) is 30.7 Å². The second-order valence-electron chi connectivity index (χ2n) is 3.54. The lowest BCUT2D eigenvalue weighted by Crippen LogP contribution is -2.00. The van der Waals surface area contributed by atoms with Crippen LogP contribution in [0.4, 0.5) is 5.69 Å². The highest BCUT2D eigenvalue weighted by Crippen LogP contribution is 2.10. The molecule has 1 aromatic carbocycles. The number of hydrogen-bond donors (Lipinski definition) is 1. The van der Waals surface area contributed by atoms with Crippen molar-refractivity contribution < 1.29 is 4.79 Å². The molecule has 0 saturated carbocycles. The molecule has 0 bridgehead atoms. The average Bonchev–Trinajstić information content (AvgIpc) is 2.25. The number of unbranched alkanes of at least 4 members (excludes halogenated alkanes) is 3. The summed E-state index contributed by atoms with van der Waals surface area (Å²) in [6.07, 6.45) is 5.61. The van der Waals surface area contributed by atoms with Crippen molar-refractivity contribution in [3.05, 3.63) is 43.2 Å². The van der Waals surface area contributed by atoms with Gasteiger partial charge in [0.1, 0.15) is 0 Å². The molecule has 2 N–H and O–H groups in total. The third kappa shape index (κ3) is 4.15. The van der Waals surface area contributed by atoms with Crippen LogP contribution in [0.3, 0.4) is 0 Å². The van der Waals surface area contributed by atoms with E-state index < -0.39 is 0 Å². The maximum absolute atomic E-state index is 11.6. The van der Waals surface area contributed by atoms with Gasteiger partial charge in [-0.3, -0.25) is 4.79 Å². The fourth-order valence-corrected chi connectivity index (χ4v) is 1.32. The topological polar surface area (TPSA) is 43.1 Å². The van der Waals surface area contributed by atoms with E-state index in [9.17, 15) is 4.79 Å². The number of nitrogen functional groups attached to an aromatic ring is 1. The number of hydrogen-bond acceptors (Lipinski definition) is 2. The zero-order valence-electron chi connectivity index (χ0n) is 8.91. The first-order chi connectivity index (χ1) is 7.24. The second-order valence-corrected chi connectivity index (χ2v) is 3.54. The summed E-state index contributed by atoms with van der Waals surface area (Å²) < 4.78 is 0. The summed E-state index contributed by atoms with van der Waals surface area (Å²) in [5.74, 6) is 0.0825. The molecule has 1 rings (SSSR count). The van der Waals surface area contributed by atoms with Crippen LogP contribution in [0.25, 0.3) is 0 Å². The van der Waals surface area contributed by atoms with Gasteiger partial charge in [0, 0.05) is 17.7 Å². The molecule has 0 atom stereocenters. The number of carbonyl (C=O) groups excluding carboxylic acids is 1. The van der Waals surface area contributed by atoms with Crippen LogP contribution in [0.15, 0.2) is 24.3 Å². The van der Waals surface area contributed by atoms with Crippen molar-refractivity contribution in [2.75, 3.05) is 5.73 Å². The molecule has 0 aliphatic heterocycles. The summed E-state index contributed by atoms with van der Waals surface area (Å²) >= 11 is 0. The normalized spacial score (nSPS) is 10.2. The zero-order valence-corrected chi connectivity index (χ0v) is 8.91. The van der Waals surface area contributed by atoms with Gasteiger partial charge in [0.2, 0.25) is 0 Å². The van der Waals surface area contributed by atoms with Crippen molar-refractivity contribution >= 4 is 11.5 Å². The number of rotatable bonds is 6. The molecule has 0 amide bonds. The molecular weight excluding hydrogens is 186 g/mol. The smallest absolute Gasteiger partial charge is 0.166 e.